The Labute approximate surface area is 70.9 Å². The fourth-order valence-corrected chi connectivity index (χ4v) is 1.10. The third kappa shape index (κ3) is 1.58. The van der Waals surface area contributed by atoms with Crippen molar-refractivity contribution in [1.82, 2.24) is 0 Å². The van der Waals surface area contributed by atoms with Crippen LogP contribution in [0.3, 0.4) is 0 Å². The fraction of sp³-hybridized carbons (Fsp3) is 0.143. The van der Waals surface area contributed by atoms with E-state index in [0.29, 0.717) is 11.4 Å². The van der Waals surface area contributed by atoms with Crippen molar-refractivity contribution < 1.29 is 4.74 Å². The van der Waals surface area contributed by atoms with Gasteiger partial charge in [-0.25, -0.2) is 0 Å². The van der Waals surface area contributed by atoms with Gasteiger partial charge < -0.3 is 10.2 Å². The molecule has 0 aromatic heterocycles. The van der Waals surface area contributed by atoms with E-state index in [1.807, 2.05) is 18.2 Å². The molecule has 0 aliphatic carbocycles. The van der Waals surface area contributed by atoms with Gasteiger partial charge in [-0.3, -0.25) is 5.84 Å². The first-order chi connectivity index (χ1) is 5.29. The van der Waals surface area contributed by atoms with Crippen molar-refractivity contribution in [2.24, 2.45) is 5.84 Å². The summed E-state index contributed by atoms with van der Waals surface area (Å²) in [7, 11) is 1.59. The molecule has 0 saturated carbocycles. The molecule has 0 atom stereocenters. The second-order valence-electron chi connectivity index (χ2n) is 2.00. The minimum absolute atomic E-state index is 0.694. The molecule has 0 spiro atoms. The van der Waals surface area contributed by atoms with Crippen LogP contribution in [0.5, 0.6) is 5.75 Å². The van der Waals surface area contributed by atoms with Crippen molar-refractivity contribution >= 4 is 18.3 Å². The number of hydrogen-bond donors (Lipinski definition) is 3. The summed E-state index contributed by atoms with van der Waals surface area (Å²) in [5.41, 5.74) is 3.22. The van der Waals surface area contributed by atoms with Crippen molar-refractivity contribution in [3.63, 3.8) is 0 Å². The van der Waals surface area contributed by atoms with Gasteiger partial charge in [-0.2, -0.15) is 0 Å². The lowest BCUT2D eigenvalue weighted by Crippen LogP contribution is -2.08. The molecule has 0 heterocycles. The second kappa shape index (κ2) is 3.50. The van der Waals surface area contributed by atoms with Crippen LogP contribution in [0.2, 0.25) is 0 Å². The summed E-state index contributed by atoms with van der Waals surface area (Å²) in [6.07, 6.45) is 0. The van der Waals surface area contributed by atoms with Crippen LogP contribution in [0.4, 0.5) is 5.69 Å². The number of methoxy groups -OCH3 is 1. The summed E-state index contributed by atoms with van der Waals surface area (Å²) in [4.78, 5) is 0.770. The van der Waals surface area contributed by atoms with E-state index >= 15 is 0 Å². The van der Waals surface area contributed by atoms with E-state index < -0.39 is 0 Å². The number of hydrogen-bond acceptors (Lipinski definition) is 4. The van der Waals surface area contributed by atoms with Gasteiger partial charge in [-0.1, -0.05) is 6.07 Å². The van der Waals surface area contributed by atoms with Gasteiger partial charge in [0.15, 0.2) is 0 Å². The Morgan fingerprint density at radius 2 is 2.27 bits per heavy atom. The summed E-state index contributed by atoms with van der Waals surface area (Å²) in [6.45, 7) is 0. The molecule has 4 heteroatoms. The predicted octanol–water partition coefficient (Wildman–Crippen LogP) is 1.27. The third-order valence-electron chi connectivity index (χ3n) is 1.37. The molecule has 60 valence electrons. The lowest BCUT2D eigenvalue weighted by atomic mass is 10.3. The maximum atomic E-state index is 5.25. The Morgan fingerprint density at radius 1 is 1.55 bits per heavy atom. The van der Waals surface area contributed by atoms with E-state index in [1.54, 1.807) is 7.11 Å². The molecular weight excluding hydrogens is 160 g/mol. The molecule has 3 nitrogen and oxygen atoms in total. The first kappa shape index (κ1) is 8.23. The standard InChI is InChI=1S/C7H10N2OS/c1-10-5-3-2-4-6(11)7(5)9-8/h2-4,9,11H,8H2,1H3. The second-order valence-corrected chi connectivity index (χ2v) is 2.48. The van der Waals surface area contributed by atoms with Gasteiger partial charge in [0.05, 0.1) is 7.11 Å². The average molecular weight is 170 g/mol. The molecule has 0 saturated heterocycles. The molecule has 0 unspecified atom stereocenters. The van der Waals surface area contributed by atoms with E-state index in [2.05, 4.69) is 18.1 Å². The van der Waals surface area contributed by atoms with Crippen molar-refractivity contribution in [2.75, 3.05) is 12.5 Å². The van der Waals surface area contributed by atoms with Crippen molar-refractivity contribution in [3.8, 4) is 5.75 Å². The minimum Gasteiger partial charge on any atom is -0.494 e. The smallest absolute Gasteiger partial charge is 0.144 e. The normalized spacial score (nSPS) is 9.36. The number of rotatable bonds is 2. The average Bonchev–Trinajstić information content (AvgIpc) is 2.04. The number of anilines is 1. The van der Waals surface area contributed by atoms with E-state index in [9.17, 15) is 0 Å². The van der Waals surface area contributed by atoms with Crippen LogP contribution >= 0.6 is 12.6 Å². The van der Waals surface area contributed by atoms with E-state index in [1.165, 1.54) is 0 Å². The van der Waals surface area contributed by atoms with Crippen molar-refractivity contribution in [1.29, 1.82) is 0 Å². The molecule has 0 amide bonds. The highest BCUT2D eigenvalue weighted by atomic mass is 32.1. The molecule has 0 aliphatic rings. The third-order valence-corrected chi connectivity index (χ3v) is 1.74. The topological polar surface area (TPSA) is 47.3 Å². The predicted molar refractivity (Wildman–Crippen MR) is 48.1 cm³/mol. The van der Waals surface area contributed by atoms with Crippen LogP contribution in [0, 0.1) is 0 Å². The lowest BCUT2D eigenvalue weighted by molar-refractivity contribution is 0.415. The Kier molecular flexibility index (Phi) is 2.62. The van der Waals surface area contributed by atoms with Gasteiger partial charge >= 0.3 is 0 Å². The zero-order valence-electron chi connectivity index (χ0n) is 6.16. The molecule has 1 aromatic rings. The maximum absolute atomic E-state index is 5.25. The Hall–Kier alpha value is -0.870. The van der Waals surface area contributed by atoms with Crippen molar-refractivity contribution in [2.45, 2.75) is 4.90 Å². The Bertz CT molecular complexity index is 252. The quantitative estimate of drug-likeness (QED) is 0.356. The monoisotopic (exact) mass is 170 g/mol. The van der Waals surface area contributed by atoms with Crippen LogP contribution in [-0.2, 0) is 0 Å². The van der Waals surface area contributed by atoms with Crippen LogP contribution in [0.15, 0.2) is 23.1 Å². The molecule has 0 fully saturated rings. The highest BCUT2D eigenvalue weighted by molar-refractivity contribution is 7.80. The number of thiol groups is 1. The molecular formula is C7H10N2OS. The Morgan fingerprint density at radius 3 is 2.73 bits per heavy atom. The van der Waals surface area contributed by atoms with E-state index in [0.717, 1.165) is 4.90 Å². The highest BCUT2D eigenvalue weighted by Gasteiger charge is 2.02. The zero-order chi connectivity index (χ0) is 8.27. The molecule has 11 heavy (non-hydrogen) atoms. The summed E-state index contributed by atoms with van der Waals surface area (Å²) >= 11 is 4.18. The number of para-hydroxylation sites is 1. The van der Waals surface area contributed by atoms with Crippen molar-refractivity contribution in [3.05, 3.63) is 18.2 Å². The minimum atomic E-state index is 0.694. The first-order valence-corrected chi connectivity index (χ1v) is 3.57. The number of hydrazine groups is 1. The summed E-state index contributed by atoms with van der Waals surface area (Å²) in [6, 6.07) is 5.50. The van der Waals surface area contributed by atoms with E-state index in [4.69, 9.17) is 10.6 Å². The van der Waals surface area contributed by atoms with Crippen LogP contribution in [0.1, 0.15) is 0 Å². The van der Waals surface area contributed by atoms with Gasteiger partial charge in [0.1, 0.15) is 11.4 Å². The lowest BCUT2D eigenvalue weighted by Gasteiger charge is -2.08. The number of ether oxygens (including phenoxy) is 1. The molecule has 1 aromatic carbocycles. The molecule has 0 aliphatic heterocycles. The van der Waals surface area contributed by atoms with Gasteiger partial charge in [-0.05, 0) is 12.1 Å². The molecule has 0 bridgehead atoms. The maximum Gasteiger partial charge on any atom is 0.144 e. The molecule has 0 radical (unpaired) electrons. The van der Waals surface area contributed by atoms with Gasteiger partial charge in [0, 0.05) is 4.90 Å². The molecule has 3 N–H and O–H groups in total. The van der Waals surface area contributed by atoms with Gasteiger partial charge in [0.2, 0.25) is 0 Å². The van der Waals surface area contributed by atoms with Crippen LogP contribution in [0.25, 0.3) is 0 Å². The van der Waals surface area contributed by atoms with E-state index in [-0.39, 0.29) is 0 Å². The Balaban J connectivity index is 3.13. The van der Waals surface area contributed by atoms with Gasteiger partial charge in [0.25, 0.3) is 0 Å². The van der Waals surface area contributed by atoms with Gasteiger partial charge in [-0.15, -0.1) is 12.6 Å². The fourth-order valence-electron chi connectivity index (χ4n) is 0.835. The summed E-state index contributed by atoms with van der Waals surface area (Å²) < 4.78 is 5.03. The van der Waals surface area contributed by atoms with Crippen LogP contribution < -0.4 is 16.0 Å². The zero-order valence-corrected chi connectivity index (χ0v) is 7.06. The number of nitrogens with two attached hydrogens (primary N) is 1. The molecule has 1 rings (SSSR count). The summed E-state index contributed by atoms with van der Waals surface area (Å²) in [5, 5.41) is 0. The first-order valence-electron chi connectivity index (χ1n) is 3.12. The SMILES string of the molecule is COc1cccc(S)c1NN. The largest absolute Gasteiger partial charge is 0.494 e. The highest BCUT2D eigenvalue weighted by Crippen LogP contribution is 2.29. The number of benzene rings is 1. The number of nitrogen functional groups attached to an aromatic ring is 1. The van der Waals surface area contributed by atoms with Crippen LogP contribution in [-0.4, -0.2) is 7.11 Å². The number of nitrogens with one attached hydrogen (secondary N) is 1. The summed E-state index contributed by atoms with van der Waals surface area (Å²) in [5.74, 6) is 5.94.